The Bertz CT molecular complexity index is 993. The van der Waals surface area contributed by atoms with Crippen LogP contribution in [0.25, 0.3) is 0 Å². The van der Waals surface area contributed by atoms with Crippen LogP contribution in [0.15, 0.2) is 54.6 Å². The van der Waals surface area contributed by atoms with Crippen LogP contribution < -0.4 is 5.32 Å². The van der Waals surface area contributed by atoms with Crippen LogP contribution in [-0.2, 0) is 16.0 Å². The molecule has 2 aliphatic rings. The third kappa shape index (κ3) is 4.28. The number of rotatable bonds is 6. The molecule has 2 aromatic rings. The Morgan fingerprint density at radius 3 is 2.06 bits per heavy atom. The van der Waals surface area contributed by atoms with Gasteiger partial charge in [0.05, 0.1) is 11.1 Å². The van der Waals surface area contributed by atoms with E-state index in [1.54, 1.807) is 24.3 Å². The first kappa shape index (κ1) is 21.7. The van der Waals surface area contributed by atoms with E-state index in [1.165, 1.54) is 0 Å². The molecule has 0 radical (unpaired) electrons. The largest absolute Gasteiger partial charge is 0.351 e. The molecule has 2 heterocycles. The van der Waals surface area contributed by atoms with Crippen molar-refractivity contribution in [2.75, 3.05) is 13.1 Å². The van der Waals surface area contributed by atoms with Gasteiger partial charge < -0.3 is 10.2 Å². The van der Waals surface area contributed by atoms with Crippen molar-refractivity contribution >= 4 is 23.6 Å². The molecule has 32 heavy (non-hydrogen) atoms. The summed E-state index contributed by atoms with van der Waals surface area (Å²) in [6.07, 6.45) is 2.01. The fourth-order valence-electron chi connectivity index (χ4n) is 4.42. The number of carbonyl (C=O) groups excluding carboxylic acids is 4. The number of hydrogen-bond acceptors (Lipinski definition) is 4. The minimum absolute atomic E-state index is 0.100. The number of imide groups is 1. The van der Waals surface area contributed by atoms with Crippen LogP contribution in [-0.4, -0.2) is 58.6 Å². The summed E-state index contributed by atoms with van der Waals surface area (Å²) >= 11 is 0. The van der Waals surface area contributed by atoms with Gasteiger partial charge in [0, 0.05) is 32.0 Å². The first-order valence-corrected chi connectivity index (χ1v) is 11.1. The summed E-state index contributed by atoms with van der Waals surface area (Å²) in [5, 5.41) is 3.04. The molecule has 1 atom stereocenters. The minimum atomic E-state index is -0.944. The van der Waals surface area contributed by atoms with Crippen molar-refractivity contribution in [3.63, 3.8) is 0 Å². The molecule has 1 unspecified atom stereocenters. The topological polar surface area (TPSA) is 86.8 Å². The van der Waals surface area contributed by atoms with Gasteiger partial charge in [-0.3, -0.25) is 24.1 Å². The predicted octanol–water partition coefficient (Wildman–Crippen LogP) is 2.41. The molecule has 7 nitrogen and oxygen atoms in total. The standard InChI is InChI=1S/C25H27N3O4/c1-2-22(29)27-14-12-18(13-15-27)26-23(30)21(16-17-8-4-3-5-9-17)28-24(31)19-10-6-7-11-20(19)25(28)32/h3-11,18,21H,2,12-16H2,1H3,(H,26,30). The molecule has 1 saturated heterocycles. The summed E-state index contributed by atoms with van der Waals surface area (Å²) < 4.78 is 0. The van der Waals surface area contributed by atoms with Gasteiger partial charge in [-0.15, -0.1) is 0 Å². The van der Waals surface area contributed by atoms with Crippen LogP contribution in [0.2, 0.25) is 0 Å². The van der Waals surface area contributed by atoms with Crippen LogP contribution in [0, 0.1) is 0 Å². The van der Waals surface area contributed by atoms with E-state index < -0.39 is 17.9 Å². The average molecular weight is 434 g/mol. The van der Waals surface area contributed by atoms with Gasteiger partial charge in [0.1, 0.15) is 6.04 Å². The highest BCUT2D eigenvalue weighted by Gasteiger charge is 2.43. The molecule has 1 fully saturated rings. The Labute approximate surface area is 187 Å². The average Bonchev–Trinajstić information content (AvgIpc) is 3.08. The monoisotopic (exact) mass is 433 g/mol. The number of nitrogens with one attached hydrogen (secondary N) is 1. The number of carbonyl (C=O) groups is 4. The van der Waals surface area contributed by atoms with Crippen molar-refractivity contribution in [3.8, 4) is 0 Å². The van der Waals surface area contributed by atoms with Gasteiger partial charge in [0.2, 0.25) is 11.8 Å². The summed E-state index contributed by atoms with van der Waals surface area (Å²) in [7, 11) is 0. The first-order chi connectivity index (χ1) is 15.5. The Kier molecular flexibility index (Phi) is 6.35. The lowest BCUT2D eigenvalue weighted by molar-refractivity contribution is -0.132. The Morgan fingerprint density at radius 2 is 1.50 bits per heavy atom. The van der Waals surface area contributed by atoms with E-state index >= 15 is 0 Å². The third-order valence-corrected chi connectivity index (χ3v) is 6.21. The van der Waals surface area contributed by atoms with E-state index in [2.05, 4.69) is 5.32 Å². The summed E-state index contributed by atoms with van der Waals surface area (Å²) in [5.41, 5.74) is 1.53. The highest BCUT2D eigenvalue weighted by molar-refractivity contribution is 6.22. The smallest absolute Gasteiger partial charge is 0.262 e. The molecule has 0 saturated carbocycles. The highest BCUT2D eigenvalue weighted by Crippen LogP contribution is 2.26. The lowest BCUT2D eigenvalue weighted by atomic mass is 10.0. The van der Waals surface area contributed by atoms with Gasteiger partial charge in [-0.05, 0) is 30.5 Å². The molecule has 0 aliphatic carbocycles. The molecule has 166 valence electrons. The summed E-state index contributed by atoms with van der Waals surface area (Å²) in [6, 6.07) is 15.0. The van der Waals surface area contributed by atoms with Gasteiger partial charge in [-0.2, -0.15) is 0 Å². The van der Waals surface area contributed by atoms with Gasteiger partial charge in [-0.1, -0.05) is 49.4 Å². The summed E-state index contributed by atoms with van der Waals surface area (Å²) in [6.45, 7) is 3.02. The second kappa shape index (κ2) is 9.34. The van der Waals surface area contributed by atoms with Crippen molar-refractivity contribution in [2.24, 2.45) is 0 Å². The van der Waals surface area contributed by atoms with Crippen LogP contribution in [0.1, 0.15) is 52.5 Å². The van der Waals surface area contributed by atoms with E-state index in [0.29, 0.717) is 43.5 Å². The predicted molar refractivity (Wildman–Crippen MR) is 119 cm³/mol. The molecular formula is C25H27N3O4. The quantitative estimate of drug-likeness (QED) is 0.709. The maximum absolute atomic E-state index is 13.4. The molecule has 2 aliphatic heterocycles. The lowest BCUT2D eigenvalue weighted by Gasteiger charge is -2.34. The van der Waals surface area contributed by atoms with Crippen molar-refractivity contribution in [1.29, 1.82) is 0 Å². The van der Waals surface area contributed by atoms with Crippen LogP contribution in [0.3, 0.4) is 0 Å². The zero-order valence-electron chi connectivity index (χ0n) is 18.1. The summed E-state index contributed by atoms with van der Waals surface area (Å²) in [4.78, 5) is 54.3. The molecule has 0 bridgehead atoms. The van der Waals surface area contributed by atoms with E-state index in [1.807, 2.05) is 42.2 Å². The lowest BCUT2D eigenvalue weighted by Crippen LogP contribution is -2.54. The molecule has 7 heteroatoms. The number of nitrogens with zero attached hydrogens (tertiary/aromatic N) is 2. The number of fused-ring (bicyclic) bond motifs is 1. The van der Waals surface area contributed by atoms with E-state index in [-0.39, 0.29) is 24.3 Å². The van der Waals surface area contributed by atoms with E-state index in [9.17, 15) is 19.2 Å². The van der Waals surface area contributed by atoms with Crippen molar-refractivity contribution in [2.45, 2.75) is 44.7 Å². The maximum atomic E-state index is 13.4. The van der Waals surface area contributed by atoms with Crippen LogP contribution >= 0.6 is 0 Å². The fourth-order valence-corrected chi connectivity index (χ4v) is 4.42. The summed E-state index contributed by atoms with van der Waals surface area (Å²) in [5.74, 6) is -1.11. The maximum Gasteiger partial charge on any atom is 0.262 e. The number of amides is 4. The van der Waals surface area contributed by atoms with Gasteiger partial charge in [0.25, 0.3) is 11.8 Å². The molecule has 0 spiro atoms. The highest BCUT2D eigenvalue weighted by atomic mass is 16.2. The number of hydrogen-bond donors (Lipinski definition) is 1. The number of benzene rings is 2. The molecule has 1 N–H and O–H groups in total. The normalized spacial score (nSPS) is 17.3. The zero-order chi connectivity index (χ0) is 22.7. The van der Waals surface area contributed by atoms with Gasteiger partial charge in [0.15, 0.2) is 0 Å². The van der Waals surface area contributed by atoms with Crippen molar-refractivity contribution in [3.05, 3.63) is 71.3 Å². The third-order valence-electron chi connectivity index (χ3n) is 6.21. The van der Waals surface area contributed by atoms with Crippen LogP contribution in [0.5, 0.6) is 0 Å². The number of piperidine rings is 1. The Balaban J connectivity index is 1.53. The molecule has 4 rings (SSSR count). The zero-order valence-corrected chi connectivity index (χ0v) is 18.1. The molecular weight excluding hydrogens is 406 g/mol. The van der Waals surface area contributed by atoms with Gasteiger partial charge in [-0.25, -0.2) is 0 Å². The van der Waals surface area contributed by atoms with E-state index in [4.69, 9.17) is 0 Å². The minimum Gasteiger partial charge on any atom is -0.351 e. The molecule has 2 aromatic carbocycles. The molecule has 0 aromatic heterocycles. The Morgan fingerprint density at radius 1 is 0.938 bits per heavy atom. The SMILES string of the molecule is CCC(=O)N1CCC(NC(=O)C(Cc2ccccc2)N2C(=O)c3ccccc3C2=O)CC1. The van der Waals surface area contributed by atoms with Crippen LogP contribution in [0.4, 0.5) is 0 Å². The van der Waals surface area contributed by atoms with E-state index in [0.717, 1.165) is 10.5 Å². The fraction of sp³-hybridized carbons (Fsp3) is 0.360. The van der Waals surface area contributed by atoms with Crippen molar-refractivity contribution < 1.29 is 19.2 Å². The second-order valence-corrected chi connectivity index (χ2v) is 8.25. The Hall–Kier alpha value is -3.48. The first-order valence-electron chi connectivity index (χ1n) is 11.1. The van der Waals surface area contributed by atoms with Gasteiger partial charge >= 0.3 is 0 Å². The second-order valence-electron chi connectivity index (χ2n) is 8.25. The van der Waals surface area contributed by atoms with Crippen molar-refractivity contribution in [1.82, 2.24) is 15.1 Å². The molecule has 4 amide bonds. The number of likely N-dealkylation sites (tertiary alicyclic amines) is 1.